The lowest BCUT2D eigenvalue weighted by Crippen LogP contribution is -2.39. The molecule has 1 aliphatic rings. The van der Waals surface area contributed by atoms with Crippen LogP contribution in [0.2, 0.25) is 0 Å². The molecule has 0 aliphatic carbocycles. The van der Waals surface area contributed by atoms with Gasteiger partial charge in [0, 0.05) is 26.2 Å². The van der Waals surface area contributed by atoms with Gasteiger partial charge in [-0.05, 0) is 55.6 Å². The maximum Gasteiger partial charge on any atom is 0.234 e. The molecule has 1 aliphatic heterocycles. The van der Waals surface area contributed by atoms with Crippen LogP contribution < -0.4 is 5.32 Å². The lowest BCUT2D eigenvalue weighted by atomic mass is 10.1. The van der Waals surface area contributed by atoms with Crippen LogP contribution in [-0.4, -0.2) is 55.0 Å². The van der Waals surface area contributed by atoms with Crippen LogP contribution in [0.15, 0.2) is 54.6 Å². The van der Waals surface area contributed by atoms with Crippen LogP contribution in [0.3, 0.4) is 0 Å². The number of benzene rings is 2. The first-order valence-corrected chi connectivity index (χ1v) is 10.2. The fraction of sp³-hybridized carbons (Fsp3) is 0.435. The van der Waals surface area contributed by atoms with Crippen LogP contribution in [0.4, 0.5) is 4.39 Å². The maximum absolute atomic E-state index is 13.0. The summed E-state index contributed by atoms with van der Waals surface area (Å²) in [5, 5.41) is 3.05. The third-order valence-corrected chi connectivity index (χ3v) is 5.18. The normalized spacial score (nSPS) is 15.9. The van der Waals surface area contributed by atoms with Gasteiger partial charge in [-0.2, -0.15) is 0 Å². The average molecular weight is 384 g/mol. The predicted molar refractivity (Wildman–Crippen MR) is 111 cm³/mol. The Labute approximate surface area is 167 Å². The summed E-state index contributed by atoms with van der Waals surface area (Å²) in [6.07, 6.45) is 2.99. The van der Waals surface area contributed by atoms with Crippen LogP contribution in [-0.2, 0) is 17.8 Å². The Bertz CT molecular complexity index is 720. The number of carbonyl (C=O) groups is 1. The van der Waals surface area contributed by atoms with Gasteiger partial charge >= 0.3 is 0 Å². The molecule has 4 nitrogen and oxygen atoms in total. The number of amides is 1. The number of hydrogen-bond donors (Lipinski definition) is 1. The van der Waals surface area contributed by atoms with E-state index in [1.165, 1.54) is 17.7 Å². The van der Waals surface area contributed by atoms with Crippen LogP contribution >= 0.6 is 0 Å². The monoisotopic (exact) mass is 383 g/mol. The zero-order valence-electron chi connectivity index (χ0n) is 16.4. The molecule has 0 bridgehead atoms. The van der Waals surface area contributed by atoms with Gasteiger partial charge in [-0.3, -0.25) is 14.6 Å². The largest absolute Gasteiger partial charge is 0.355 e. The van der Waals surface area contributed by atoms with Crippen molar-refractivity contribution in [2.75, 3.05) is 39.3 Å². The van der Waals surface area contributed by atoms with E-state index in [1.807, 2.05) is 30.3 Å². The van der Waals surface area contributed by atoms with Crippen LogP contribution in [0.1, 0.15) is 24.0 Å². The molecule has 5 heteroatoms. The number of aryl methyl sites for hydroxylation is 1. The Kier molecular flexibility index (Phi) is 8.00. The van der Waals surface area contributed by atoms with E-state index in [9.17, 15) is 9.18 Å². The third kappa shape index (κ3) is 7.06. The Morgan fingerprint density at radius 2 is 1.61 bits per heavy atom. The number of hydrogen-bond acceptors (Lipinski definition) is 3. The molecule has 0 radical (unpaired) electrons. The summed E-state index contributed by atoms with van der Waals surface area (Å²) in [7, 11) is 0. The Morgan fingerprint density at radius 1 is 0.893 bits per heavy atom. The van der Waals surface area contributed by atoms with Crippen LogP contribution in [0.5, 0.6) is 0 Å². The van der Waals surface area contributed by atoms with Gasteiger partial charge in [0.2, 0.25) is 5.91 Å². The zero-order valence-corrected chi connectivity index (χ0v) is 16.4. The number of carbonyl (C=O) groups excluding carboxylic acids is 1. The van der Waals surface area contributed by atoms with Crippen LogP contribution in [0, 0.1) is 5.82 Å². The molecule has 3 rings (SSSR count). The fourth-order valence-electron chi connectivity index (χ4n) is 3.61. The SMILES string of the molecule is O=C(CN1CCCN(Cc2ccc(F)cc2)CC1)NCCCc1ccccc1. The standard InChI is InChI=1S/C23H30FN3O/c24-22-11-9-21(10-12-22)18-26-14-5-15-27(17-16-26)19-23(28)25-13-4-8-20-6-2-1-3-7-20/h1-3,6-7,9-12H,4-5,8,13-19H2,(H,25,28). The van der Waals surface area contributed by atoms with Crippen molar-refractivity contribution in [2.45, 2.75) is 25.8 Å². The van der Waals surface area contributed by atoms with Crippen molar-refractivity contribution in [2.24, 2.45) is 0 Å². The van der Waals surface area contributed by atoms with E-state index in [1.54, 1.807) is 0 Å². The van der Waals surface area contributed by atoms with Gasteiger partial charge in [-0.1, -0.05) is 42.5 Å². The highest BCUT2D eigenvalue weighted by atomic mass is 19.1. The van der Waals surface area contributed by atoms with Crippen molar-refractivity contribution in [3.05, 3.63) is 71.5 Å². The Balaban J connectivity index is 1.33. The summed E-state index contributed by atoms with van der Waals surface area (Å²) in [4.78, 5) is 16.9. The van der Waals surface area contributed by atoms with Crippen molar-refractivity contribution in [3.8, 4) is 0 Å². The molecule has 2 aromatic rings. The number of nitrogens with one attached hydrogen (secondary N) is 1. The average Bonchev–Trinajstić information content (AvgIpc) is 2.93. The summed E-state index contributed by atoms with van der Waals surface area (Å²) in [5.41, 5.74) is 2.44. The Morgan fingerprint density at radius 3 is 2.39 bits per heavy atom. The van der Waals surface area contributed by atoms with E-state index in [4.69, 9.17) is 0 Å². The molecular formula is C23H30FN3O. The molecule has 28 heavy (non-hydrogen) atoms. The third-order valence-electron chi connectivity index (χ3n) is 5.18. The van der Waals surface area contributed by atoms with E-state index in [2.05, 4.69) is 27.2 Å². The molecule has 1 heterocycles. The van der Waals surface area contributed by atoms with Gasteiger partial charge in [0.25, 0.3) is 0 Å². The summed E-state index contributed by atoms with van der Waals surface area (Å²) < 4.78 is 13.0. The second-order valence-corrected chi connectivity index (χ2v) is 7.47. The van der Waals surface area contributed by atoms with E-state index < -0.39 is 0 Å². The lowest BCUT2D eigenvalue weighted by Gasteiger charge is -2.21. The molecule has 1 saturated heterocycles. The van der Waals surface area contributed by atoms with Crippen molar-refractivity contribution in [1.82, 2.24) is 15.1 Å². The molecule has 0 spiro atoms. The highest BCUT2D eigenvalue weighted by Crippen LogP contribution is 2.10. The van der Waals surface area contributed by atoms with E-state index in [0.29, 0.717) is 6.54 Å². The molecule has 150 valence electrons. The van der Waals surface area contributed by atoms with Gasteiger partial charge < -0.3 is 5.32 Å². The van der Waals surface area contributed by atoms with Gasteiger partial charge in [0.15, 0.2) is 0 Å². The highest BCUT2D eigenvalue weighted by Gasteiger charge is 2.17. The molecule has 2 aromatic carbocycles. The molecule has 1 N–H and O–H groups in total. The van der Waals surface area contributed by atoms with Crippen molar-refractivity contribution in [1.29, 1.82) is 0 Å². The number of nitrogens with zero attached hydrogens (tertiary/aromatic N) is 2. The van der Waals surface area contributed by atoms with Crippen molar-refractivity contribution in [3.63, 3.8) is 0 Å². The predicted octanol–water partition coefficient (Wildman–Crippen LogP) is 3.08. The minimum Gasteiger partial charge on any atom is -0.355 e. The quantitative estimate of drug-likeness (QED) is 0.712. The smallest absolute Gasteiger partial charge is 0.234 e. The second kappa shape index (κ2) is 10.9. The molecule has 0 unspecified atom stereocenters. The minimum absolute atomic E-state index is 0.111. The fourth-order valence-corrected chi connectivity index (χ4v) is 3.61. The Hall–Kier alpha value is -2.24. The summed E-state index contributed by atoms with van der Waals surface area (Å²) >= 11 is 0. The van der Waals surface area contributed by atoms with E-state index >= 15 is 0 Å². The first-order chi connectivity index (χ1) is 13.7. The van der Waals surface area contributed by atoms with Gasteiger partial charge in [-0.25, -0.2) is 4.39 Å². The van der Waals surface area contributed by atoms with Gasteiger partial charge in [0.1, 0.15) is 5.82 Å². The van der Waals surface area contributed by atoms with Gasteiger partial charge in [0.05, 0.1) is 6.54 Å². The highest BCUT2D eigenvalue weighted by molar-refractivity contribution is 5.77. The summed E-state index contributed by atoms with van der Waals surface area (Å²) in [6, 6.07) is 17.1. The topological polar surface area (TPSA) is 35.6 Å². The molecule has 1 fully saturated rings. The second-order valence-electron chi connectivity index (χ2n) is 7.47. The van der Waals surface area contributed by atoms with E-state index in [0.717, 1.165) is 64.1 Å². The summed E-state index contributed by atoms with van der Waals surface area (Å²) in [6.45, 7) is 5.79. The lowest BCUT2D eigenvalue weighted by molar-refractivity contribution is -0.122. The molecule has 0 aromatic heterocycles. The molecule has 0 saturated carbocycles. The van der Waals surface area contributed by atoms with E-state index in [-0.39, 0.29) is 11.7 Å². The number of rotatable bonds is 8. The maximum atomic E-state index is 13.0. The van der Waals surface area contributed by atoms with Crippen molar-refractivity contribution >= 4 is 5.91 Å². The van der Waals surface area contributed by atoms with Crippen molar-refractivity contribution < 1.29 is 9.18 Å². The first-order valence-electron chi connectivity index (χ1n) is 10.2. The minimum atomic E-state index is -0.194. The zero-order chi connectivity index (χ0) is 19.6. The van der Waals surface area contributed by atoms with Crippen LogP contribution in [0.25, 0.3) is 0 Å². The molecule has 0 atom stereocenters. The first kappa shape index (κ1) is 20.5. The summed E-state index contributed by atoms with van der Waals surface area (Å²) in [5.74, 6) is -0.0828. The molecular weight excluding hydrogens is 353 g/mol. The molecule has 1 amide bonds. The van der Waals surface area contributed by atoms with Gasteiger partial charge in [-0.15, -0.1) is 0 Å². The number of halogens is 1.